The summed E-state index contributed by atoms with van der Waals surface area (Å²) in [7, 11) is 0. The molecule has 32 heavy (non-hydrogen) atoms. The molecule has 0 unspecified atom stereocenters. The molecule has 1 aliphatic rings. The number of carbonyl (C=O) groups is 1. The van der Waals surface area contributed by atoms with Crippen LogP contribution < -0.4 is 5.32 Å². The molecule has 168 valence electrons. The van der Waals surface area contributed by atoms with Gasteiger partial charge in [-0.15, -0.1) is 0 Å². The van der Waals surface area contributed by atoms with E-state index < -0.39 is 0 Å². The molecule has 1 aliphatic heterocycles. The summed E-state index contributed by atoms with van der Waals surface area (Å²) >= 11 is 0. The van der Waals surface area contributed by atoms with E-state index in [4.69, 9.17) is 4.52 Å². The highest BCUT2D eigenvalue weighted by atomic mass is 16.5. The molecule has 0 radical (unpaired) electrons. The number of likely N-dealkylation sites (N-methyl/N-ethyl adjacent to an activating group) is 1. The molecule has 2 N–H and O–H groups in total. The maximum Gasteiger partial charge on any atom is 0.274 e. The van der Waals surface area contributed by atoms with Crippen molar-refractivity contribution in [1.82, 2.24) is 15.4 Å². The summed E-state index contributed by atoms with van der Waals surface area (Å²) in [4.78, 5) is 15.2. The summed E-state index contributed by atoms with van der Waals surface area (Å²) in [5, 5.41) is 17.3. The minimum absolute atomic E-state index is 0.148. The fraction of sp³-hybridized carbons (Fsp3) is 0.385. The lowest BCUT2D eigenvalue weighted by Gasteiger charge is -2.27. The van der Waals surface area contributed by atoms with E-state index in [1.54, 1.807) is 6.07 Å². The van der Waals surface area contributed by atoms with E-state index in [0.29, 0.717) is 17.9 Å². The van der Waals surface area contributed by atoms with E-state index >= 15 is 0 Å². The van der Waals surface area contributed by atoms with Crippen LogP contribution in [0.3, 0.4) is 0 Å². The van der Waals surface area contributed by atoms with Gasteiger partial charge < -0.3 is 14.9 Å². The van der Waals surface area contributed by atoms with Gasteiger partial charge in [-0.05, 0) is 66.3 Å². The lowest BCUT2D eigenvalue weighted by Crippen LogP contribution is -2.30. The molecule has 2 aromatic carbocycles. The fourth-order valence-corrected chi connectivity index (χ4v) is 4.35. The van der Waals surface area contributed by atoms with Crippen molar-refractivity contribution in [1.29, 1.82) is 0 Å². The smallest absolute Gasteiger partial charge is 0.274 e. The Kier molecular flexibility index (Phi) is 6.33. The minimum atomic E-state index is -0.254. The third-order valence-electron chi connectivity index (χ3n) is 6.19. The first kappa shape index (κ1) is 22.1. The summed E-state index contributed by atoms with van der Waals surface area (Å²) in [6, 6.07) is 11.8. The van der Waals surface area contributed by atoms with E-state index in [0.717, 1.165) is 42.7 Å². The van der Waals surface area contributed by atoms with E-state index in [1.807, 2.05) is 32.9 Å². The number of aromatic hydroxyl groups is 1. The molecular weight excluding hydrogens is 402 g/mol. The van der Waals surface area contributed by atoms with Crippen molar-refractivity contribution in [3.05, 3.63) is 58.8 Å². The molecule has 0 saturated heterocycles. The SMILES string of the molecule is CCNC(=O)c1noc(-c2ccc(O)c(C(C)C)c2)c1-c1ccc2c(c1)CCN(CC)C2. The summed E-state index contributed by atoms with van der Waals surface area (Å²) in [5.41, 5.74) is 6.14. The topological polar surface area (TPSA) is 78.6 Å². The number of rotatable bonds is 6. The van der Waals surface area contributed by atoms with E-state index in [2.05, 4.69) is 40.5 Å². The van der Waals surface area contributed by atoms with Gasteiger partial charge in [0.1, 0.15) is 5.75 Å². The van der Waals surface area contributed by atoms with Crippen LogP contribution in [-0.2, 0) is 13.0 Å². The number of hydrogen-bond acceptors (Lipinski definition) is 5. The average molecular weight is 434 g/mol. The van der Waals surface area contributed by atoms with Gasteiger partial charge in [-0.2, -0.15) is 0 Å². The maximum absolute atomic E-state index is 12.8. The van der Waals surface area contributed by atoms with Crippen LogP contribution in [0.4, 0.5) is 0 Å². The highest BCUT2D eigenvalue weighted by molar-refractivity contribution is 6.02. The molecule has 0 spiro atoms. The van der Waals surface area contributed by atoms with Crippen LogP contribution in [-0.4, -0.2) is 40.7 Å². The Labute approximate surface area is 189 Å². The van der Waals surface area contributed by atoms with Gasteiger partial charge in [-0.1, -0.05) is 44.1 Å². The average Bonchev–Trinajstić information content (AvgIpc) is 3.24. The summed E-state index contributed by atoms with van der Waals surface area (Å²) in [6.07, 6.45) is 0.977. The van der Waals surface area contributed by atoms with Gasteiger partial charge in [0.05, 0.1) is 5.56 Å². The van der Waals surface area contributed by atoms with Crippen LogP contribution in [0.1, 0.15) is 60.8 Å². The maximum atomic E-state index is 12.8. The molecule has 0 saturated carbocycles. The molecule has 0 atom stereocenters. The second kappa shape index (κ2) is 9.17. The Balaban J connectivity index is 1.85. The molecule has 6 heteroatoms. The highest BCUT2D eigenvalue weighted by Gasteiger charge is 2.26. The van der Waals surface area contributed by atoms with Gasteiger partial charge >= 0.3 is 0 Å². The number of phenolic OH excluding ortho intramolecular Hbond substituents is 1. The summed E-state index contributed by atoms with van der Waals surface area (Å²) in [5.74, 6) is 0.687. The van der Waals surface area contributed by atoms with Gasteiger partial charge in [0, 0.05) is 25.2 Å². The second-order valence-electron chi connectivity index (χ2n) is 8.63. The number of amides is 1. The lowest BCUT2D eigenvalue weighted by atomic mass is 9.91. The Bertz CT molecular complexity index is 1130. The van der Waals surface area contributed by atoms with E-state index in [1.165, 1.54) is 11.1 Å². The molecule has 1 aromatic heterocycles. The molecule has 4 rings (SSSR count). The number of aromatic nitrogens is 1. The zero-order valence-electron chi connectivity index (χ0n) is 19.2. The predicted octanol–water partition coefficient (Wildman–Crippen LogP) is 4.97. The van der Waals surface area contributed by atoms with Gasteiger partial charge in [-0.3, -0.25) is 9.69 Å². The highest BCUT2D eigenvalue weighted by Crippen LogP contribution is 2.39. The molecule has 6 nitrogen and oxygen atoms in total. The first-order chi connectivity index (χ1) is 15.4. The van der Waals surface area contributed by atoms with Crippen molar-refractivity contribution in [3.63, 3.8) is 0 Å². The number of fused-ring (bicyclic) bond motifs is 1. The van der Waals surface area contributed by atoms with Gasteiger partial charge in [0.15, 0.2) is 11.5 Å². The van der Waals surface area contributed by atoms with Crippen molar-refractivity contribution >= 4 is 5.91 Å². The zero-order valence-corrected chi connectivity index (χ0v) is 19.2. The first-order valence-corrected chi connectivity index (χ1v) is 11.4. The van der Waals surface area contributed by atoms with Crippen molar-refractivity contribution in [3.8, 4) is 28.2 Å². The van der Waals surface area contributed by atoms with Crippen LogP contribution in [0.15, 0.2) is 40.9 Å². The normalized spacial score (nSPS) is 13.9. The Morgan fingerprint density at radius 3 is 2.66 bits per heavy atom. The Morgan fingerprint density at radius 1 is 1.16 bits per heavy atom. The molecule has 0 aliphatic carbocycles. The van der Waals surface area contributed by atoms with Crippen molar-refractivity contribution in [2.75, 3.05) is 19.6 Å². The zero-order chi connectivity index (χ0) is 22.8. The van der Waals surface area contributed by atoms with Crippen molar-refractivity contribution in [2.45, 2.75) is 46.6 Å². The number of benzene rings is 2. The third-order valence-corrected chi connectivity index (χ3v) is 6.19. The predicted molar refractivity (Wildman–Crippen MR) is 126 cm³/mol. The molecule has 0 fully saturated rings. The van der Waals surface area contributed by atoms with Gasteiger partial charge in [-0.25, -0.2) is 0 Å². The number of hydrogen-bond donors (Lipinski definition) is 2. The van der Waals surface area contributed by atoms with Crippen LogP contribution in [0.2, 0.25) is 0 Å². The van der Waals surface area contributed by atoms with Crippen LogP contribution in [0, 0.1) is 0 Å². The van der Waals surface area contributed by atoms with Crippen LogP contribution in [0.5, 0.6) is 5.75 Å². The fourth-order valence-electron chi connectivity index (χ4n) is 4.35. The number of nitrogens with one attached hydrogen (secondary N) is 1. The van der Waals surface area contributed by atoms with Gasteiger partial charge in [0.25, 0.3) is 5.91 Å². The quantitative estimate of drug-likeness (QED) is 0.574. The van der Waals surface area contributed by atoms with Crippen LogP contribution in [0.25, 0.3) is 22.5 Å². The summed E-state index contributed by atoms with van der Waals surface area (Å²) in [6.45, 7) is 11.7. The molecule has 3 aromatic rings. The number of nitrogens with zero attached hydrogens (tertiary/aromatic N) is 2. The lowest BCUT2D eigenvalue weighted by molar-refractivity contribution is 0.0947. The monoisotopic (exact) mass is 433 g/mol. The molecule has 1 amide bonds. The summed E-state index contributed by atoms with van der Waals surface area (Å²) < 4.78 is 5.76. The molecule has 2 heterocycles. The molecular formula is C26H31N3O3. The molecule has 0 bridgehead atoms. The standard InChI is InChI=1S/C26H31N3O3/c1-5-27-26(31)24-23(18-7-8-20-15-29(6-2)12-11-17(20)13-18)25(32-28-24)19-9-10-22(30)21(14-19)16(3)4/h7-10,13-14,16,30H,5-6,11-12,15H2,1-4H3,(H,27,31). The largest absolute Gasteiger partial charge is 0.508 e. The van der Waals surface area contributed by atoms with Gasteiger partial charge in [0.2, 0.25) is 0 Å². The number of phenols is 1. The number of carbonyl (C=O) groups excluding carboxylic acids is 1. The first-order valence-electron chi connectivity index (χ1n) is 11.4. The van der Waals surface area contributed by atoms with Crippen molar-refractivity contribution < 1.29 is 14.4 Å². The minimum Gasteiger partial charge on any atom is -0.508 e. The van der Waals surface area contributed by atoms with E-state index in [9.17, 15) is 9.90 Å². The van der Waals surface area contributed by atoms with E-state index in [-0.39, 0.29) is 23.3 Å². The van der Waals surface area contributed by atoms with Crippen LogP contribution >= 0.6 is 0 Å². The second-order valence-corrected chi connectivity index (χ2v) is 8.63. The Hall–Kier alpha value is -3.12. The third kappa shape index (κ3) is 4.15. The van der Waals surface area contributed by atoms with Crippen molar-refractivity contribution in [2.24, 2.45) is 0 Å². The Morgan fingerprint density at radius 2 is 1.94 bits per heavy atom.